The van der Waals surface area contributed by atoms with Crippen LogP contribution < -0.4 is 0 Å². The fraction of sp³-hybridized carbons (Fsp3) is 0.385. The molecule has 18 heavy (non-hydrogen) atoms. The molecule has 0 atom stereocenters. The number of carbonyl (C=O) groups is 1. The summed E-state index contributed by atoms with van der Waals surface area (Å²) in [5.41, 5.74) is 0.546. The normalized spacial score (nSPS) is 16.6. The highest BCUT2D eigenvalue weighted by Crippen LogP contribution is 2.15. The molecule has 97 valence electrons. The summed E-state index contributed by atoms with van der Waals surface area (Å²) in [6.07, 6.45) is 5.18. The number of hydrogen-bond acceptors (Lipinski definition) is 3. The molecule has 1 aromatic carbocycles. The number of benzene rings is 1. The van der Waals surface area contributed by atoms with Gasteiger partial charge in [-0.2, -0.15) is 0 Å². The molecule has 4 nitrogen and oxygen atoms in total. The topological polar surface area (TPSA) is 54.5 Å². The summed E-state index contributed by atoms with van der Waals surface area (Å²) in [4.78, 5) is 14.2. The molecule has 1 fully saturated rings. The molecule has 0 N–H and O–H groups in total. The Balaban J connectivity index is 2.16. The minimum absolute atomic E-state index is 0.0249. The number of hydrogen-bond donors (Lipinski definition) is 0. The van der Waals surface area contributed by atoms with Crippen molar-refractivity contribution < 1.29 is 13.2 Å². The van der Waals surface area contributed by atoms with Gasteiger partial charge in [0.25, 0.3) is 5.91 Å². The molecule has 0 bridgehead atoms. The maximum atomic E-state index is 12.1. The van der Waals surface area contributed by atoms with E-state index in [1.165, 1.54) is 12.1 Å². The van der Waals surface area contributed by atoms with E-state index in [2.05, 4.69) is 6.42 Å². The Bertz CT molecular complexity index is 528. The van der Waals surface area contributed by atoms with Crippen LogP contribution in [0.5, 0.6) is 0 Å². The van der Waals surface area contributed by atoms with E-state index in [-0.39, 0.29) is 10.8 Å². The van der Waals surface area contributed by atoms with Crippen molar-refractivity contribution in [3.63, 3.8) is 0 Å². The van der Waals surface area contributed by atoms with Crippen molar-refractivity contribution in [2.24, 2.45) is 0 Å². The van der Waals surface area contributed by atoms with Crippen LogP contribution in [-0.2, 0) is 9.84 Å². The van der Waals surface area contributed by atoms with Gasteiger partial charge < -0.3 is 4.90 Å². The van der Waals surface area contributed by atoms with Crippen LogP contribution in [0.15, 0.2) is 29.2 Å². The van der Waals surface area contributed by atoms with Gasteiger partial charge >= 0.3 is 0 Å². The average molecular weight is 266 g/mol. The third-order valence-corrected chi connectivity index (χ3v) is 4.15. The lowest BCUT2D eigenvalue weighted by Crippen LogP contribution is -2.35. The van der Waals surface area contributed by atoms with E-state index in [4.69, 9.17) is 0 Å². The van der Waals surface area contributed by atoms with Crippen molar-refractivity contribution in [3.8, 4) is 0 Å². The summed E-state index contributed by atoms with van der Waals surface area (Å²) in [6.45, 7) is 1.49. The van der Waals surface area contributed by atoms with Gasteiger partial charge in [-0.25, -0.2) is 8.42 Å². The van der Waals surface area contributed by atoms with E-state index in [9.17, 15) is 13.2 Å². The minimum atomic E-state index is -3.20. The van der Waals surface area contributed by atoms with E-state index in [0.29, 0.717) is 5.56 Å². The van der Waals surface area contributed by atoms with Crippen molar-refractivity contribution in [1.29, 1.82) is 0 Å². The highest BCUT2D eigenvalue weighted by atomic mass is 32.2. The van der Waals surface area contributed by atoms with Gasteiger partial charge in [0, 0.05) is 24.9 Å². The van der Waals surface area contributed by atoms with Gasteiger partial charge in [0.05, 0.1) is 4.90 Å². The maximum absolute atomic E-state index is 12.1. The maximum Gasteiger partial charge on any atom is 0.253 e. The van der Waals surface area contributed by atoms with E-state index in [0.717, 1.165) is 32.2 Å². The highest BCUT2D eigenvalue weighted by Gasteiger charge is 2.18. The molecule has 0 unspecified atom stereocenters. The van der Waals surface area contributed by atoms with Gasteiger partial charge in [0.15, 0.2) is 9.84 Å². The monoisotopic (exact) mass is 266 g/mol. The van der Waals surface area contributed by atoms with Crippen LogP contribution in [0.1, 0.15) is 23.2 Å². The molecule has 1 heterocycles. The SMILES string of the molecule is CS(=O)(=O)c1ccc(C(=O)N2CC[CH]CC2)cc1. The van der Waals surface area contributed by atoms with Crippen LogP contribution in [0.2, 0.25) is 0 Å². The highest BCUT2D eigenvalue weighted by molar-refractivity contribution is 7.90. The van der Waals surface area contributed by atoms with Crippen molar-refractivity contribution >= 4 is 15.7 Å². The summed E-state index contributed by atoms with van der Waals surface area (Å²) >= 11 is 0. The van der Waals surface area contributed by atoms with Gasteiger partial charge in [-0.3, -0.25) is 4.79 Å². The summed E-state index contributed by atoms with van der Waals surface area (Å²) < 4.78 is 22.6. The first kappa shape index (κ1) is 13.1. The van der Waals surface area contributed by atoms with E-state index in [1.54, 1.807) is 17.0 Å². The molecule has 1 amide bonds. The molecule has 1 saturated heterocycles. The molecule has 1 aromatic rings. The first-order valence-electron chi connectivity index (χ1n) is 5.89. The predicted molar refractivity (Wildman–Crippen MR) is 69.0 cm³/mol. The molecule has 1 radical (unpaired) electrons. The molecule has 1 aliphatic heterocycles. The number of likely N-dealkylation sites (tertiary alicyclic amines) is 1. The first-order valence-corrected chi connectivity index (χ1v) is 7.79. The molecular weight excluding hydrogens is 250 g/mol. The molecule has 2 rings (SSSR count). The first-order chi connectivity index (χ1) is 8.48. The molecule has 0 aromatic heterocycles. The second-order valence-corrected chi connectivity index (χ2v) is 6.47. The van der Waals surface area contributed by atoms with Crippen molar-refractivity contribution in [2.45, 2.75) is 17.7 Å². The van der Waals surface area contributed by atoms with Crippen LogP contribution in [0.3, 0.4) is 0 Å². The van der Waals surface area contributed by atoms with Crippen LogP contribution in [0.4, 0.5) is 0 Å². The predicted octanol–water partition coefficient (Wildman–Crippen LogP) is 1.53. The summed E-state index contributed by atoms with van der Waals surface area (Å²) in [5, 5.41) is 0. The lowest BCUT2D eigenvalue weighted by Gasteiger charge is -2.26. The lowest BCUT2D eigenvalue weighted by atomic mass is 10.1. The van der Waals surface area contributed by atoms with Gasteiger partial charge in [-0.1, -0.05) is 0 Å². The number of nitrogens with zero attached hydrogens (tertiary/aromatic N) is 1. The molecule has 0 aliphatic carbocycles. The molecule has 0 spiro atoms. The van der Waals surface area contributed by atoms with Gasteiger partial charge in [-0.05, 0) is 43.5 Å². The number of amides is 1. The van der Waals surface area contributed by atoms with Crippen molar-refractivity contribution in [1.82, 2.24) is 4.90 Å². The number of sulfone groups is 1. The smallest absolute Gasteiger partial charge is 0.253 e. The quantitative estimate of drug-likeness (QED) is 0.815. The zero-order valence-corrected chi connectivity index (χ0v) is 11.1. The number of piperidine rings is 1. The summed E-state index contributed by atoms with van der Waals surface area (Å²) in [6, 6.07) is 6.13. The fourth-order valence-electron chi connectivity index (χ4n) is 1.98. The Morgan fingerprint density at radius 3 is 2.17 bits per heavy atom. The van der Waals surface area contributed by atoms with Crippen molar-refractivity contribution in [2.75, 3.05) is 19.3 Å². The van der Waals surface area contributed by atoms with E-state index in [1.807, 2.05) is 0 Å². The number of carbonyl (C=O) groups excluding carboxylic acids is 1. The standard InChI is InChI=1S/C13H16NO3S/c1-18(16,17)12-7-5-11(6-8-12)13(15)14-9-3-2-4-10-14/h2,5-8H,3-4,9-10H2,1H3. The molecule has 5 heteroatoms. The van der Waals surface area contributed by atoms with E-state index >= 15 is 0 Å². The summed E-state index contributed by atoms with van der Waals surface area (Å²) in [5.74, 6) is -0.0249. The number of rotatable bonds is 2. The summed E-state index contributed by atoms with van der Waals surface area (Å²) in [7, 11) is -3.20. The lowest BCUT2D eigenvalue weighted by molar-refractivity contribution is 0.0742. The Morgan fingerprint density at radius 2 is 1.67 bits per heavy atom. The van der Waals surface area contributed by atoms with Gasteiger partial charge in [0.2, 0.25) is 0 Å². The Labute approximate surface area is 108 Å². The van der Waals surface area contributed by atoms with Crippen LogP contribution >= 0.6 is 0 Å². The largest absolute Gasteiger partial charge is 0.339 e. The second-order valence-electron chi connectivity index (χ2n) is 4.45. The Kier molecular flexibility index (Phi) is 3.71. The fourth-order valence-corrected chi connectivity index (χ4v) is 2.61. The Hall–Kier alpha value is -1.36. The molecule has 0 saturated carbocycles. The molecular formula is C13H16NO3S. The molecule has 1 aliphatic rings. The second kappa shape index (κ2) is 5.10. The van der Waals surface area contributed by atoms with Gasteiger partial charge in [0.1, 0.15) is 0 Å². The van der Waals surface area contributed by atoms with Crippen LogP contribution in [-0.4, -0.2) is 38.6 Å². The van der Waals surface area contributed by atoms with E-state index < -0.39 is 9.84 Å². The minimum Gasteiger partial charge on any atom is -0.339 e. The van der Waals surface area contributed by atoms with Crippen LogP contribution in [0.25, 0.3) is 0 Å². The Morgan fingerprint density at radius 1 is 1.11 bits per heavy atom. The third kappa shape index (κ3) is 2.90. The zero-order valence-electron chi connectivity index (χ0n) is 10.3. The van der Waals surface area contributed by atoms with Crippen molar-refractivity contribution in [3.05, 3.63) is 36.2 Å². The third-order valence-electron chi connectivity index (χ3n) is 3.02. The average Bonchev–Trinajstić information content (AvgIpc) is 2.38. The van der Waals surface area contributed by atoms with Gasteiger partial charge in [-0.15, -0.1) is 0 Å². The zero-order chi connectivity index (χ0) is 13.2. The van der Waals surface area contributed by atoms with Crippen LogP contribution in [0, 0.1) is 6.42 Å².